The molecular weight excluding hydrogens is 557 g/mol. The predicted molar refractivity (Wildman–Crippen MR) is 114 cm³/mol. The zero-order chi connectivity index (χ0) is 19.1. The van der Waals surface area contributed by atoms with E-state index in [-0.39, 0.29) is 20.1 Å². The quantitative estimate of drug-likeness (QED) is 0.263. The van der Waals surface area contributed by atoms with Crippen molar-refractivity contribution in [1.82, 2.24) is 19.7 Å². The van der Waals surface area contributed by atoms with Gasteiger partial charge in [-0.15, -0.1) is 23.3 Å². The molecular formula is C23H17IrN4S-. The van der Waals surface area contributed by atoms with Gasteiger partial charge in [0.05, 0.1) is 11.3 Å². The summed E-state index contributed by atoms with van der Waals surface area (Å²) in [5.74, 6) is 0.786. The van der Waals surface area contributed by atoms with Crippen LogP contribution in [0.15, 0.2) is 66.4 Å². The van der Waals surface area contributed by atoms with Gasteiger partial charge in [-0.2, -0.15) is 16.4 Å². The average molecular weight is 574 g/mol. The van der Waals surface area contributed by atoms with Crippen LogP contribution in [-0.4, -0.2) is 19.7 Å². The van der Waals surface area contributed by atoms with Crippen molar-refractivity contribution < 1.29 is 20.1 Å². The molecule has 6 heteroatoms. The number of fused-ring (bicyclic) bond motifs is 1. The van der Waals surface area contributed by atoms with Crippen LogP contribution in [0.2, 0.25) is 0 Å². The molecule has 29 heavy (non-hydrogen) atoms. The molecule has 0 atom stereocenters. The molecule has 0 aliphatic heterocycles. The minimum atomic E-state index is 0. The summed E-state index contributed by atoms with van der Waals surface area (Å²) in [5, 5.41) is 8.62. The van der Waals surface area contributed by atoms with Gasteiger partial charge in [-0.05, 0) is 58.5 Å². The van der Waals surface area contributed by atoms with Crippen molar-refractivity contribution in [2.75, 3.05) is 0 Å². The van der Waals surface area contributed by atoms with Gasteiger partial charge in [0.1, 0.15) is 6.33 Å². The molecule has 0 unspecified atom stereocenters. The maximum atomic E-state index is 4.42. The molecule has 0 bridgehead atoms. The van der Waals surface area contributed by atoms with Crippen molar-refractivity contribution >= 4 is 21.6 Å². The van der Waals surface area contributed by atoms with Gasteiger partial charge in [0, 0.05) is 25.8 Å². The van der Waals surface area contributed by atoms with Crippen LogP contribution in [0, 0.1) is 19.9 Å². The van der Waals surface area contributed by atoms with Gasteiger partial charge >= 0.3 is 0 Å². The Hall–Kier alpha value is -2.66. The number of benzene rings is 3. The summed E-state index contributed by atoms with van der Waals surface area (Å²) in [6.45, 7) is 4.27. The van der Waals surface area contributed by atoms with Gasteiger partial charge in [0.2, 0.25) is 0 Å². The van der Waals surface area contributed by atoms with Crippen molar-refractivity contribution in [2.45, 2.75) is 13.8 Å². The normalized spacial score (nSPS) is 10.8. The topological polar surface area (TPSA) is 43.6 Å². The Bertz CT molecular complexity index is 1270. The molecule has 5 aromatic rings. The molecule has 3 aromatic carbocycles. The van der Waals surface area contributed by atoms with E-state index in [2.05, 4.69) is 76.1 Å². The summed E-state index contributed by atoms with van der Waals surface area (Å²) < 4.78 is 3.14. The first-order valence-electron chi connectivity index (χ1n) is 9.03. The third kappa shape index (κ3) is 3.44. The van der Waals surface area contributed by atoms with Crippen LogP contribution >= 0.6 is 11.3 Å². The monoisotopic (exact) mass is 574 g/mol. The molecule has 145 valence electrons. The largest absolute Gasteiger partial charge is 0.322 e. The van der Waals surface area contributed by atoms with Gasteiger partial charge in [-0.25, -0.2) is 0 Å². The van der Waals surface area contributed by atoms with Crippen LogP contribution in [0.5, 0.6) is 0 Å². The van der Waals surface area contributed by atoms with Crippen LogP contribution in [0.4, 0.5) is 0 Å². The minimum Gasteiger partial charge on any atom is -0.322 e. The molecule has 0 aliphatic rings. The average Bonchev–Trinajstić information content (AvgIpc) is 3.37. The van der Waals surface area contributed by atoms with Gasteiger partial charge in [-0.1, -0.05) is 35.9 Å². The summed E-state index contributed by atoms with van der Waals surface area (Å²) in [6.07, 6.45) is 1.78. The summed E-state index contributed by atoms with van der Waals surface area (Å²) in [7, 11) is 0. The Morgan fingerprint density at radius 2 is 1.72 bits per heavy atom. The van der Waals surface area contributed by atoms with E-state index in [4.69, 9.17) is 0 Å². The van der Waals surface area contributed by atoms with Crippen LogP contribution in [0.3, 0.4) is 0 Å². The fourth-order valence-electron chi connectivity index (χ4n) is 3.70. The van der Waals surface area contributed by atoms with Crippen LogP contribution in [0.25, 0.3) is 38.4 Å². The molecule has 0 saturated heterocycles. The number of rotatable bonds is 3. The number of hydrogen-bond acceptors (Lipinski definition) is 4. The maximum absolute atomic E-state index is 4.42. The molecule has 5 rings (SSSR count). The van der Waals surface area contributed by atoms with Gasteiger partial charge in [0.15, 0.2) is 0 Å². The molecule has 4 nitrogen and oxygen atoms in total. The van der Waals surface area contributed by atoms with E-state index in [0.29, 0.717) is 0 Å². The van der Waals surface area contributed by atoms with E-state index < -0.39 is 0 Å². The second-order valence-electron chi connectivity index (χ2n) is 6.77. The second-order valence-corrected chi connectivity index (χ2v) is 7.62. The van der Waals surface area contributed by atoms with E-state index in [0.717, 1.165) is 27.3 Å². The summed E-state index contributed by atoms with van der Waals surface area (Å²) >= 11 is 1.60. The molecule has 0 amide bonds. The zero-order valence-electron chi connectivity index (χ0n) is 15.9. The Balaban J connectivity index is 0.00000205. The second kappa shape index (κ2) is 7.99. The van der Waals surface area contributed by atoms with E-state index in [1.807, 2.05) is 23.7 Å². The van der Waals surface area contributed by atoms with Crippen molar-refractivity contribution in [1.29, 1.82) is 0 Å². The first-order valence-corrected chi connectivity index (χ1v) is 9.91. The van der Waals surface area contributed by atoms with E-state index >= 15 is 0 Å². The predicted octanol–water partition coefficient (Wildman–Crippen LogP) is 5.63. The van der Waals surface area contributed by atoms with E-state index in [1.165, 1.54) is 22.3 Å². The number of aromatic nitrogens is 4. The number of aryl methyl sites for hydroxylation is 2. The maximum Gasteiger partial charge on any atom is 0.114 e. The van der Waals surface area contributed by atoms with Crippen molar-refractivity contribution in [3.63, 3.8) is 0 Å². The Kier molecular flexibility index (Phi) is 5.41. The van der Waals surface area contributed by atoms with Crippen LogP contribution in [-0.2, 0) is 20.1 Å². The Labute approximate surface area is 186 Å². The van der Waals surface area contributed by atoms with Gasteiger partial charge in [-0.3, -0.25) is 4.98 Å². The molecule has 2 aromatic heterocycles. The SMILES string of the molecule is Cc1cc(-c2ccccc2)cc(C)c1-n1cnnc1-c1[c-]ccc2ncsc12.[Ir]. The fraction of sp³-hybridized carbons (Fsp3) is 0.0870. The van der Waals surface area contributed by atoms with Crippen LogP contribution < -0.4 is 0 Å². The first kappa shape index (κ1) is 19.6. The molecule has 0 saturated carbocycles. The number of thiazole rings is 1. The standard InChI is InChI=1S/C23H17N4S.Ir/c1-15-11-18(17-7-4-3-5-8-17)12-16(2)21(15)27-13-25-26-23(27)19-9-6-10-20-22(19)28-14-24-20;/h3-8,10-14H,1-2H3;/q-1;. The fourth-order valence-corrected chi connectivity index (χ4v) is 4.48. The summed E-state index contributed by atoms with van der Waals surface area (Å²) in [6, 6.07) is 22.1. The first-order chi connectivity index (χ1) is 13.7. The number of hydrogen-bond donors (Lipinski definition) is 0. The van der Waals surface area contributed by atoms with Crippen molar-refractivity contribution in [2.24, 2.45) is 0 Å². The zero-order valence-corrected chi connectivity index (χ0v) is 19.1. The molecule has 1 radical (unpaired) electrons. The van der Waals surface area contributed by atoms with Gasteiger partial charge < -0.3 is 4.57 Å². The summed E-state index contributed by atoms with van der Waals surface area (Å²) in [4.78, 5) is 4.41. The van der Waals surface area contributed by atoms with E-state index in [9.17, 15) is 0 Å². The van der Waals surface area contributed by atoms with E-state index in [1.54, 1.807) is 17.7 Å². The molecule has 2 heterocycles. The van der Waals surface area contributed by atoms with Gasteiger partial charge in [0.25, 0.3) is 0 Å². The van der Waals surface area contributed by atoms with Crippen molar-refractivity contribution in [3.8, 4) is 28.2 Å². The molecule has 0 N–H and O–H groups in total. The molecule has 0 aliphatic carbocycles. The Morgan fingerprint density at radius 3 is 2.48 bits per heavy atom. The Morgan fingerprint density at radius 1 is 0.966 bits per heavy atom. The van der Waals surface area contributed by atoms with Crippen LogP contribution in [0.1, 0.15) is 11.1 Å². The minimum absolute atomic E-state index is 0. The summed E-state index contributed by atoms with van der Waals surface area (Å²) in [5.41, 5.74) is 9.64. The third-order valence-electron chi connectivity index (χ3n) is 4.90. The number of nitrogens with zero attached hydrogens (tertiary/aromatic N) is 4. The molecule has 0 spiro atoms. The molecule has 0 fully saturated rings. The van der Waals surface area contributed by atoms with Crippen molar-refractivity contribution in [3.05, 3.63) is 83.6 Å². The third-order valence-corrected chi connectivity index (χ3v) is 5.76. The smallest absolute Gasteiger partial charge is 0.114 e.